The first kappa shape index (κ1) is 13.3. The van der Waals surface area contributed by atoms with Crippen LogP contribution in [0.2, 0.25) is 0 Å². The summed E-state index contributed by atoms with van der Waals surface area (Å²) in [7, 11) is 1.51. The van der Waals surface area contributed by atoms with Crippen molar-refractivity contribution in [3.63, 3.8) is 0 Å². The molecule has 0 aliphatic rings. The minimum Gasteiger partial charge on any atom is -0.544 e. The van der Waals surface area contributed by atoms with Crippen molar-refractivity contribution in [3.8, 4) is 11.5 Å². The highest BCUT2D eigenvalue weighted by molar-refractivity contribution is 5.73. The predicted molar refractivity (Wildman–Crippen MR) is 59.4 cm³/mol. The van der Waals surface area contributed by atoms with E-state index in [1.54, 1.807) is 18.2 Å². The number of benzene rings is 1. The van der Waals surface area contributed by atoms with Gasteiger partial charge in [-0.2, -0.15) is 0 Å². The van der Waals surface area contributed by atoms with E-state index in [0.29, 0.717) is 23.7 Å². The zero-order valence-electron chi connectivity index (χ0n) is 10.1. The van der Waals surface area contributed by atoms with Gasteiger partial charge in [-0.3, -0.25) is 0 Å². The molecular formula is C12H17NO4. The normalized spacial score (nSPS) is 11.9. The monoisotopic (exact) mass is 239 g/mol. The number of hydrogen-bond acceptors (Lipinski definition) is 4. The van der Waals surface area contributed by atoms with Gasteiger partial charge in [0, 0.05) is 0 Å². The first-order chi connectivity index (χ1) is 8.11. The van der Waals surface area contributed by atoms with Crippen LogP contribution >= 0.6 is 0 Å². The quantitative estimate of drug-likeness (QED) is 0.726. The fourth-order valence-corrected chi connectivity index (χ4v) is 1.45. The van der Waals surface area contributed by atoms with E-state index >= 15 is 0 Å². The number of hydrogen-bond donors (Lipinski definition) is 1. The SMILES string of the molecule is CCCOc1c(OC)cccc1[C@@H]([NH3+])C(=O)[O-]. The van der Waals surface area contributed by atoms with Crippen molar-refractivity contribution in [2.24, 2.45) is 0 Å². The van der Waals surface area contributed by atoms with Gasteiger partial charge in [-0.1, -0.05) is 13.0 Å². The molecule has 0 aliphatic heterocycles. The Kier molecular flexibility index (Phi) is 4.78. The van der Waals surface area contributed by atoms with Crippen LogP contribution in [0.25, 0.3) is 0 Å². The molecular weight excluding hydrogens is 222 g/mol. The summed E-state index contributed by atoms with van der Waals surface area (Å²) in [5.74, 6) is -0.300. The molecule has 3 N–H and O–H groups in total. The number of aliphatic carboxylic acids is 1. The second-order valence-corrected chi connectivity index (χ2v) is 3.60. The third-order valence-corrected chi connectivity index (χ3v) is 2.34. The summed E-state index contributed by atoms with van der Waals surface area (Å²) < 4.78 is 10.7. The van der Waals surface area contributed by atoms with Crippen molar-refractivity contribution in [1.29, 1.82) is 0 Å². The van der Waals surface area contributed by atoms with Crippen LogP contribution in [0.15, 0.2) is 18.2 Å². The number of quaternary nitrogens is 1. The number of carboxylic acids is 1. The van der Waals surface area contributed by atoms with Gasteiger partial charge in [0.2, 0.25) is 0 Å². The highest BCUT2D eigenvalue weighted by atomic mass is 16.5. The number of rotatable bonds is 6. The molecule has 0 saturated carbocycles. The second kappa shape index (κ2) is 6.10. The first-order valence-corrected chi connectivity index (χ1v) is 5.45. The van der Waals surface area contributed by atoms with Gasteiger partial charge in [0.1, 0.15) is 5.97 Å². The van der Waals surface area contributed by atoms with Gasteiger partial charge in [-0.15, -0.1) is 0 Å². The van der Waals surface area contributed by atoms with Crippen LogP contribution < -0.4 is 20.3 Å². The standard InChI is InChI=1S/C12H17NO4/c1-3-7-17-11-8(10(13)12(14)15)5-4-6-9(11)16-2/h4-6,10H,3,7,13H2,1-2H3,(H,14,15)/t10-/m1/s1. The van der Waals surface area contributed by atoms with Crippen molar-refractivity contribution in [2.75, 3.05) is 13.7 Å². The summed E-state index contributed by atoms with van der Waals surface area (Å²) in [6.45, 7) is 2.46. The molecule has 0 fully saturated rings. The maximum absolute atomic E-state index is 10.9. The molecule has 0 saturated heterocycles. The largest absolute Gasteiger partial charge is 0.544 e. The lowest BCUT2D eigenvalue weighted by Gasteiger charge is -2.17. The summed E-state index contributed by atoms with van der Waals surface area (Å²) in [5.41, 5.74) is 4.02. The number of carbonyl (C=O) groups is 1. The van der Waals surface area contributed by atoms with Gasteiger partial charge in [-0.25, -0.2) is 0 Å². The third kappa shape index (κ3) is 3.10. The van der Waals surface area contributed by atoms with E-state index in [0.717, 1.165) is 6.42 Å². The average molecular weight is 239 g/mol. The Morgan fingerprint density at radius 3 is 2.76 bits per heavy atom. The molecule has 0 unspecified atom stereocenters. The van der Waals surface area contributed by atoms with E-state index in [-0.39, 0.29) is 0 Å². The van der Waals surface area contributed by atoms with Crippen LogP contribution in [-0.2, 0) is 4.79 Å². The molecule has 0 bridgehead atoms. The Hall–Kier alpha value is -1.75. The lowest BCUT2D eigenvalue weighted by atomic mass is 10.1. The summed E-state index contributed by atoms with van der Waals surface area (Å²) in [6.07, 6.45) is 0.824. The lowest BCUT2D eigenvalue weighted by Crippen LogP contribution is -2.61. The molecule has 1 aromatic carbocycles. The van der Waals surface area contributed by atoms with Gasteiger partial charge in [-0.05, 0) is 18.6 Å². The third-order valence-electron chi connectivity index (χ3n) is 2.34. The van der Waals surface area contributed by atoms with Crippen LogP contribution in [0, 0.1) is 0 Å². The molecule has 1 aromatic rings. The zero-order chi connectivity index (χ0) is 12.8. The van der Waals surface area contributed by atoms with Crippen molar-refractivity contribution < 1.29 is 25.1 Å². The molecule has 0 amide bonds. The van der Waals surface area contributed by atoms with E-state index in [4.69, 9.17) is 9.47 Å². The number of para-hydroxylation sites is 1. The Morgan fingerprint density at radius 2 is 2.24 bits per heavy atom. The highest BCUT2D eigenvalue weighted by Crippen LogP contribution is 2.33. The molecule has 94 valence electrons. The Bertz CT molecular complexity index is 392. The average Bonchev–Trinajstić information content (AvgIpc) is 2.34. The fraction of sp³-hybridized carbons (Fsp3) is 0.417. The Morgan fingerprint density at radius 1 is 1.53 bits per heavy atom. The van der Waals surface area contributed by atoms with E-state index in [1.165, 1.54) is 7.11 Å². The molecule has 1 rings (SSSR count). The minimum atomic E-state index is -1.24. The molecule has 5 heteroatoms. The van der Waals surface area contributed by atoms with Crippen molar-refractivity contribution in [1.82, 2.24) is 0 Å². The lowest BCUT2D eigenvalue weighted by molar-refractivity contribution is -0.443. The van der Waals surface area contributed by atoms with E-state index in [1.807, 2.05) is 6.92 Å². The second-order valence-electron chi connectivity index (χ2n) is 3.60. The number of methoxy groups -OCH3 is 1. The number of carboxylic acid groups (broad SMARTS) is 1. The number of ether oxygens (including phenoxy) is 2. The van der Waals surface area contributed by atoms with Gasteiger partial charge >= 0.3 is 0 Å². The van der Waals surface area contributed by atoms with Crippen molar-refractivity contribution in [2.45, 2.75) is 19.4 Å². The van der Waals surface area contributed by atoms with Crippen LogP contribution in [0.5, 0.6) is 11.5 Å². The summed E-state index contributed by atoms with van der Waals surface area (Å²) in [5, 5.41) is 10.9. The molecule has 17 heavy (non-hydrogen) atoms. The number of carbonyl (C=O) groups excluding carboxylic acids is 1. The highest BCUT2D eigenvalue weighted by Gasteiger charge is 2.19. The molecule has 5 nitrogen and oxygen atoms in total. The first-order valence-electron chi connectivity index (χ1n) is 5.45. The molecule has 1 atom stereocenters. The van der Waals surface area contributed by atoms with Crippen LogP contribution in [-0.4, -0.2) is 19.7 Å². The van der Waals surface area contributed by atoms with Crippen LogP contribution in [0.1, 0.15) is 24.9 Å². The van der Waals surface area contributed by atoms with Gasteiger partial charge in [0.25, 0.3) is 0 Å². The van der Waals surface area contributed by atoms with Crippen molar-refractivity contribution >= 4 is 5.97 Å². The maximum Gasteiger partial charge on any atom is 0.170 e. The maximum atomic E-state index is 10.9. The molecule has 0 aliphatic carbocycles. The topological polar surface area (TPSA) is 86.2 Å². The van der Waals surface area contributed by atoms with Gasteiger partial charge < -0.3 is 25.1 Å². The minimum absolute atomic E-state index is 0.432. The van der Waals surface area contributed by atoms with Crippen molar-refractivity contribution in [3.05, 3.63) is 23.8 Å². The summed E-state index contributed by atoms with van der Waals surface area (Å²) >= 11 is 0. The molecule has 0 spiro atoms. The van der Waals surface area contributed by atoms with Gasteiger partial charge in [0.05, 0.1) is 19.3 Å². The Balaban J connectivity index is 3.13. The van der Waals surface area contributed by atoms with E-state index < -0.39 is 12.0 Å². The molecule has 0 aromatic heterocycles. The fourth-order valence-electron chi connectivity index (χ4n) is 1.45. The van der Waals surface area contributed by atoms with Gasteiger partial charge in [0.15, 0.2) is 17.5 Å². The summed E-state index contributed by atoms with van der Waals surface area (Å²) in [4.78, 5) is 10.9. The predicted octanol–water partition coefficient (Wildman–Crippen LogP) is -0.483. The van der Waals surface area contributed by atoms with Crippen LogP contribution in [0.4, 0.5) is 0 Å². The van der Waals surface area contributed by atoms with E-state index in [2.05, 4.69) is 5.73 Å². The smallest absolute Gasteiger partial charge is 0.170 e. The molecule has 0 heterocycles. The van der Waals surface area contributed by atoms with E-state index in [9.17, 15) is 9.90 Å². The Labute approximate surface area is 100 Å². The summed E-state index contributed by atoms with van der Waals surface area (Å²) in [6, 6.07) is 4.10. The van der Waals surface area contributed by atoms with Crippen LogP contribution in [0.3, 0.4) is 0 Å². The molecule has 0 radical (unpaired) electrons. The zero-order valence-corrected chi connectivity index (χ0v) is 10.1.